The number of carbonyl (C=O) groups is 1. The molecule has 1 aliphatic rings. The van der Waals surface area contributed by atoms with Crippen molar-refractivity contribution < 1.29 is 14.3 Å². The van der Waals surface area contributed by atoms with E-state index in [9.17, 15) is 10.1 Å². The van der Waals surface area contributed by atoms with Crippen molar-refractivity contribution in [2.24, 2.45) is 5.41 Å². The number of benzene rings is 1. The summed E-state index contributed by atoms with van der Waals surface area (Å²) in [5.74, 6) is 0.332. The lowest BCUT2D eigenvalue weighted by atomic mass is 9.81. The molecule has 0 aliphatic carbocycles. The number of nitriles is 1. The molecule has 20 heavy (non-hydrogen) atoms. The molecule has 1 amide bonds. The van der Waals surface area contributed by atoms with Crippen LogP contribution in [0, 0.1) is 16.7 Å². The van der Waals surface area contributed by atoms with Crippen LogP contribution in [0.1, 0.15) is 19.8 Å². The fourth-order valence-electron chi connectivity index (χ4n) is 2.20. The summed E-state index contributed by atoms with van der Waals surface area (Å²) in [6, 6.07) is 9.38. The third-order valence-electron chi connectivity index (χ3n) is 3.43. The molecule has 0 atom stereocenters. The molecule has 1 aliphatic heterocycles. The van der Waals surface area contributed by atoms with Gasteiger partial charge in [-0.25, -0.2) is 0 Å². The Bertz CT molecular complexity index is 516. The molecule has 0 unspecified atom stereocenters. The number of rotatable bonds is 4. The van der Waals surface area contributed by atoms with Crippen LogP contribution < -0.4 is 10.1 Å². The standard InChI is InChI=1S/C15H18N2O3/c1-2-20-13-6-4-3-5-12(13)17-14(18)15(11-16)7-9-19-10-8-15/h3-6H,2,7-10H2,1H3,(H,17,18). The molecule has 0 aromatic heterocycles. The molecule has 5 nitrogen and oxygen atoms in total. The van der Waals surface area contributed by atoms with Crippen LogP contribution in [-0.4, -0.2) is 25.7 Å². The molecule has 1 aromatic carbocycles. The second-order valence-electron chi connectivity index (χ2n) is 4.69. The van der Waals surface area contributed by atoms with E-state index in [2.05, 4.69) is 11.4 Å². The summed E-state index contributed by atoms with van der Waals surface area (Å²) in [7, 11) is 0. The van der Waals surface area contributed by atoms with Crippen molar-refractivity contribution in [1.29, 1.82) is 5.26 Å². The minimum Gasteiger partial charge on any atom is -0.492 e. The first-order chi connectivity index (χ1) is 9.72. The Hall–Kier alpha value is -2.06. The Labute approximate surface area is 118 Å². The van der Waals surface area contributed by atoms with E-state index in [-0.39, 0.29) is 5.91 Å². The Morgan fingerprint density at radius 3 is 2.80 bits per heavy atom. The van der Waals surface area contributed by atoms with Crippen molar-refractivity contribution in [1.82, 2.24) is 0 Å². The quantitative estimate of drug-likeness (QED) is 0.914. The zero-order valence-corrected chi connectivity index (χ0v) is 11.5. The van der Waals surface area contributed by atoms with Gasteiger partial charge in [-0.2, -0.15) is 5.26 Å². The van der Waals surface area contributed by atoms with Crippen LogP contribution in [0.15, 0.2) is 24.3 Å². The fraction of sp³-hybridized carbons (Fsp3) is 0.467. The minimum absolute atomic E-state index is 0.282. The van der Waals surface area contributed by atoms with Gasteiger partial charge < -0.3 is 14.8 Å². The van der Waals surface area contributed by atoms with Crippen LogP contribution in [0.5, 0.6) is 5.75 Å². The lowest BCUT2D eigenvalue weighted by molar-refractivity contribution is -0.126. The number of nitrogens with zero attached hydrogens (tertiary/aromatic N) is 1. The molecule has 5 heteroatoms. The number of hydrogen-bond acceptors (Lipinski definition) is 4. The summed E-state index contributed by atoms with van der Waals surface area (Å²) < 4.78 is 10.7. The van der Waals surface area contributed by atoms with E-state index >= 15 is 0 Å². The van der Waals surface area contributed by atoms with Crippen molar-refractivity contribution in [3.63, 3.8) is 0 Å². The Morgan fingerprint density at radius 1 is 1.45 bits per heavy atom. The fourth-order valence-corrected chi connectivity index (χ4v) is 2.20. The van der Waals surface area contributed by atoms with Crippen molar-refractivity contribution in [3.8, 4) is 11.8 Å². The molecule has 1 heterocycles. The second kappa shape index (κ2) is 6.40. The summed E-state index contributed by atoms with van der Waals surface area (Å²) in [5.41, 5.74) is -0.405. The van der Waals surface area contributed by atoms with Gasteiger partial charge in [0.05, 0.1) is 18.4 Å². The highest BCUT2D eigenvalue weighted by Gasteiger charge is 2.40. The van der Waals surface area contributed by atoms with E-state index in [1.54, 1.807) is 12.1 Å². The Balaban J connectivity index is 2.17. The molecule has 0 spiro atoms. The van der Waals surface area contributed by atoms with Crippen molar-refractivity contribution in [2.75, 3.05) is 25.1 Å². The van der Waals surface area contributed by atoms with Gasteiger partial charge in [0.2, 0.25) is 5.91 Å². The average molecular weight is 274 g/mol. The lowest BCUT2D eigenvalue weighted by Crippen LogP contribution is -2.40. The molecule has 106 valence electrons. The van der Waals surface area contributed by atoms with Gasteiger partial charge in [-0.3, -0.25) is 4.79 Å². The summed E-state index contributed by atoms with van der Waals surface area (Å²) in [4.78, 5) is 12.4. The normalized spacial score (nSPS) is 17.0. The minimum atomic E-state index is -1.00. The van der Waals surface area contributed by atoms with E-state index in [1.807, 2.05) is 19.1 Å². The van der Waals surface area contributed by atoms with Gasteiger partial charge in [-0.05, 0) is 31.9 Å². The number of ether oxygens (including phenoxy) is 2. The van der Waals surface area contributed by atoms with Gasteiger partial charge in [0.1, 0.15) is 11.2 Å². The molecular weight excluding hydrogens is 256 g/mol. The monoisotopic (exact) mass is 274 g/mol. The maximum atomic E-state index is 12.4. The van der Waals surface area contributed by atoms with Crippen LogP contribution in [0.3, 0.4) is 0 Å². The average Bonchev–Trinajstić information content (AvgIpc) is 2.50. The maximum Gasteiger partial charge on any atom is 0.245 e. The number of carbonyl (C=O) groups excluding carboxylic acids is 1. The number of hydrogen-bond donors (Lipinski definition) is 1. The van der Waals surface area contributed by atoms with Gasteiger partial charge in [-0.1, -0.05) is 12.1 Å². The van der Waals surface area contributed by atoms with Crippen LogP contribution in [0.4, 0.5) is 5.69 Å². The van der Waals surface area contributed by atoms with Crippen molar-refractivity contribution >= 4 is 11.6 Å². The van der Waals surface area contributed by atoms with Gasteiger partial charge in [0.15, 0.2) is 0 Å². The predicted molar refractivity (Wildman–Crippen MR) is 74.3 cm³/mol. The summed E-state index contributed by atoms with van der Waals surface area (Å²) >= 11 is 0. The highest BCUT2D eigenvalue weighted by molar-refractivity contribution is 5.98. The topological polar surface area (TPSA) is 71.3 Å². The molecule has 1 N–H and O–H groups in total. The predicted octanol–water partition coefficient (Wildman–Crippen LogP) is 2.34. The molecule has 0 saturated carbocycles. The van der Waals surface area contributed by atoms with E-state index < -0.39 is 5.41 Å². The molecule has 2 rings (SSSR count). The molecule has 0 bridgehead atoms. The first kappa shape index (κ1) is 14.4. The molecular formula is C15H18N2O3. The van der Waals surface area contributed by atoms with E-state index in [1.165, 1.54) is 0 Å². The number of amides is 1. The van der Waals surface area contributed by atoms with Crippen LogP contribution in [-0.2, 0) is 9.53 Å². The zero-order valence-electron chi connectivity index (χ0n) is 11.5. The third kappa shape index (κ3) is 2.91. The molecule has 1 aromatic rings. The van der Waals surface area contributed by atoms with Crippen molar-refractivity contribution in [2.45, 2.75) is 19.8 Å². The zero-order chi connectivity index (χ0) is 14.4. The number of anilines is 1. The van der Waals surface area contributed by atoms with Gasteiger partial charge >= 0.3 is 0 Å². The summed E-state index contributed by atoms with van der Waals surface area (Å²) in [6.07, 6.45) is 0.846. The third-order valence-corrected chi connectivity index (χ3v) is 3.43. The summed E-state index contributed by atoms with van der Waals surface area (Å²) in [6.45, 7) is 3.28. The van der Waals surface area contributed by atoms with Crippen molar-refractivity contribution in [3.05, 3.63) is 24.3 Å². The SMILES string of the molecule is CCOc1ccccc1NC(=O)C1(C#N)CCOCC1. The van der Waals surface area contributed by atoms with Crippen LogP contribution in [0.25, 0.3) is 0 Å². The van der Waals surface area contributed by atoms with Crippen LogP contribution >= 0.6 is 0 Å². The van der Waals surface area contributed by atoms with E-state index in [0.717, 1.165) is 0 Å². The smallest absolute Gasteiger partial charge is 0.245 e. The maximum absolute atomic E-state index is 12.4. The molecule has 1 fully saturated rings. The van der Waals surface area contributed by atoms with Gasteiger partial charge in [-0.15, -0.1) is 0 Å². The first-order valence-electron chi connectivity index (χ1n) is 6.74. The highest BCUT2D eigenvalue weighted by atomic mass is 16.5. The highest BCUT2D eigenvalue weighted by Crippen LogP contribution is 2.33. The largest absolute Gasteiger partial charge is 0.492 e. The second-order valence-corrected chi connectivity index (χ2v) is 4.69. The number of para-hydroxylation sites is 2. The number of nitrogens with one attached hydrogen (secondary N) is 1. The van der Waals surface area contributed by atoms with E-state index in [0.29, 0.717) is 44.1 Å². The Morgan fingerprint density at radius 2 is 2.15 bits per heavy atom. The first-order valence-corrected chi connectivity index (χ1v) is 6.74. The van der Waals surface area contributed by atoms with Crippen LogP contribution in [0.2, 0.25) is 0 Å². The Kier molecular flexibility index (Phi) is 4.59. The summed E-state index contributed by atoms with van der Waals surface area (Å²) in [5, 5.41) is 12.2. The van der Waals surface area contributed by atoms with E-state index in [4.69, 9.17) is 9.47 Å². The lowest BCUT2D eigenvalue weighted by Gasteiger charge is -2.29. The van der Waals surface area contributed by atoms with Gasteiger partial charge in [0.25, 0.3) is 0 Å². The molecule has 0 radical (unpaired) electrons. The van der Waals surface area contributed by atoms with Gasteiger partial charge in [0, 0.05) is 13.2 Å². The molecule has 1 saturated heterocycles.